The van der Waals surface area contributed by atoms with Gasteiger partial charge in [0.1, 0.15) is 17.1 Å². The van der Waals surface area contributed by atoms with E-state index in [2.05, 4.69) is 9.97 Å². The van der Waals surface area contributed by atoms with E-state index in [-0.39, 0.29) is 24.3 Å². The van der Waals surface area contributed by atoms with Crippen LogP contribution in [0.5, 0.6) is 5.88 Å². The Balaban J connectivity index is 1.97. The van der Waals surface area contributed by atoms with E-state index in [0.717, 1.165) is 6.34 Å². The standard InChI is InChI=1S/C19H21F3N6O3/c1-11(28(10-23)16(25)14-5-2-6-15(24)27-14)4-3-7-31-17-13(18(29)30)8-12(9-26-17)19(20,21)22/h2,5-6,8-11,23,25H,3-4,7H2,1H3,(H2,24,27)(H,29,30). The summed E-state index contributed by atoms with van der Waals surface area (Å²) in [6, 6.07) is 4.98. The summed E-state index contributed by atoms with van der Waals surface area (Å²) in [7, 11) is 0. The summed E-state index contributed by atoms with van der Waals surface area (Å²) in [5, 5.41) is 25.0. The van der Waals surface area contributed by atoms with Crippen molar-refractivity contribution in [2.75, 3.05) is 12.3 Å². The highest BCUT2D eigenvalue weighted by Crippen LogP contribution is 2.31. The van der Waals surface area contributed by atoms with Crippen LogP contribution in [-0.2, 0) is 6.18 Å². The van der Waals surface area contributed by atoms with Crippen molar-refractivity contribution >= 4 is 24.0 Å². The molecular formula is C19H21F3N6O3. The lowest BCUT2D eigenvalue weighted by atomic mass is 10.1. The Morgan fingerprint density at radius 1 is 1.42 bits per heavy atom. The van der Waals surface area contributed by atoms with Gasteiger partial charge in [-0.1, -0.05) is 6.07 Å². The first-order valence-electron chi connectivity index (χ1n) is 9.08. The number of aromatic nitrogens is 2. The van der Waals surface area contributed by atoms with Gasteiger partial charge in [0.2, 0.25) is 5.88 Å². The Bertz CT molecular complexity index is 967. The second-order valence-electron chi connectivity index (χ2n) is 6.55. The molecule has 0 amide bonds. The number of ether oxygens (including phenoxy) is 1. The van der Waals surface area contributed by atoms with Crippen molar-refractivity contribution in [3.8, 4) is 5.88 Å². The number of carbonyl (C=O) groups is 1. The number of nitrogens with zero attached hydrogens (tertiary/aromatic N) is 3. The molecule has 1 atom stereocenters. The van der Waals surface area contributed by atoms with Crippen molar-refractivity contribution < 1.29 is 27.8 Å². The molecule has 0 aliphatic carbocycles. The number of halogens is 3. The maximum atomic E-state index is 12.8. The van der Waals surface area contributed by atoms with Crippen molar-refractivity contribution in [2.45, 2.75) is 32.0 Å². The molecule has 0 aliphatic heterocycles. The van der Waals surface area contributed by atoms with Crippen LogP contribution in [0, 0.1) is 10.8 Å². The van der Waals surface area contributed by atoms with Crippen LogP contribution in [0.2, 0.25) is 0 Å². The van der Waals surface area contributed by atoms with E-state index in [9.17, 15) is 18.0 Å². The van der Waals surface area contributed by atoms with E-state index in [1.807, 2.05) is 0 Å². The number of anilines is 1. The number of pyridine rings is 2. The van der Waals surface area contributed by atoms with E-state index < -0.39 is 29.2 Å². The Kier molecular flexibility index (Phi) is 7.51. The molecule has 0 saturated carbocycles. The number of aromatic carboxylic acids is 1. The van der Waals surface area contributed by atoms with Crippen LogP contribution in [0.3, 0.4) is 0 Å². The highest BCUT2D eigenvalue weighted by molar-refractivity contribution is 6.01. The van der Waals surface area contributed by atoms with Crippen molar-refractivity contribution in [1.82, 2.24) is 14.9 Å². The highest BCUT2D eigenvalue weighted by Gasteiger charge is 2.33. The molecule has 0 spiro atoms. The molecule has 0 saturated heterocycles. The van der Waals surface area contributed by atoms with E-state index in [1.165, 1.54) is 4.90 Å². The summed E-state index contributed by atoms with van der Waals surface area (Å²) in [4.78, 5) is 20.2. The number of amidine groups is 1. The predicted octanol–water partition coefficient (Wildman–Crippen LogP) is 3.26. The van der Waals surface area contributed by atoms with Crippen LogP contribution in [-0.4, -0.2) is 50.8 Å². The molecule has 166 valence electrons. The summed E-state index contributed by atoms with van der Waals surface area (Å²) < 4.78 is 43.5. The van der Waals surface area contributed by atoms with E-state index >= 15 is 0 Å². The first-order chi connectivity index (χ1) is 14.5. The predicted molar refractivity (Wildman–Crippen MR) is 106 cm³/mol. The fraction of sp³-hybridized carbons (Fsp3) is 0.316. The molecule has 2 rings (SSSR count). The molecule has 5 N–H and O–H groups in total. The first kappa shape index (κ1) is 23.6. The highest BCUT2D eigenvalue weighted by atomic mass is 19.4. The molecule has 2 aromatic rings. The average Bonchev–Trinajstić information content (AvgIpc) is 2.70. The largest absolute Gasteiger partial charge is 0.477 e. The van der Waals surface area contributed by atoms with Gasteiger partial charge in [-0.3, -0.25) is 10.8 Å². The van der Waals surface area contributed by atoms with Crippen LogP contribution in [0.1, 0.15) is 41.4 Å². The molecule has 9 nitrogen and oxygen atoms in total. The average molecular weight is 438 g/mol. The Morgan fingerprint density at radius 2 is 2.13 bits per heavy atom. The van der Waals surface area contributed by atoms with Gasteiger partial charge in [0.15, 0.2) is 5.84 Å². The van der Waals surface area contributed by atoms with Gasteiger partial charge in [-0.25, -0.2) is 14.8 Å². The number of hydrogen-bond donors (Lipinski definition) is 4. The van der Waals surface area contributed by atoms with Crippen LogP contribution >= 0.6 is 0 Å². The van der Waals surface area contributed by atoms with E-state index in [4.69, 9.17) is 26.4 Å². The first-order valence-corrected chi connectivity index (χ1v) is 9.08. The molecule has 12 heteroatoms. The topological polar surface area (TPSA) is 149 Å². The van der Waals surface area contributed by atoms with Crippen LogP contribution < -0.4 is 10.5 Å². The van der Waals surface area contributed by atoms with Crippen LogP contribution in [0.4, 0.5) is 19.0 Å². The lowest BCUT2D eigenvalue weighted by molar-refractivity contribution is -0.137. The number of carboxylic acid groups (broad SMARTS) is 1. The van der Waals surface area contributed by atoms with Gasteiger partial charge in [0.05, 0.1) is 18.5 Å². The van der Waals surface area contributed by atoms with Gasteiger partial charge < -0.3 is 20.5 Å². The monoisotopic (exact) mass is 438 g/mol. The van der Waals surface area contributed by atoms with Gasteiger partial charge in [-0.15, -0.1) is 0 Å². The lowest BCUT2D eigenvalue weighted by Crippen LogP contribution is -2.38. The fourth-order valence-electron chi connectivity index (χ4n) is 2.69. The molecule has 1 unspecified atom stereocenters. The summed E-state index contributed by atoms with van der Waals surface area (Å²) in [6.45, 7) is 1.75. The minimum atomic E-state index is -4.72. The normalized spacial score (nSPS) is 12.1. The van der Waals surface area contributed by atoms with Gasteiger partial charge in [-0.05, 0) is 38.0 Å². The van der Waals surface area contributed by atoms with Gasteiger partial charge in [-0.2, -0.15) is 13.2 Å². The van der Waals surface area contributed by atoms with Crippen molar-refractivity contribution in [1.29, 1.82) is 10.8 Å². The quantitative estimate of drug-likeness (QED) is 0.267. The molecule has 0 aromatic carbocycles. The minimum Gasteiger partial charge on any atom is -0.477 e. The Hall–Kier alpha value is -3.70. The van der Waals surface area contributed by atoms with E-state index in [0.29, 0.717) is 30.8 Å². The maximum Gasteiger partial charge on any atom is 0.417 e. The minimum absolute atomic E-state index is 0.0152. The second kappa shape index (κ2) is 9.87. The third kappa shape index (κ3) is 6.14. The summed E-state index contributed by atoms with van der Waals surface area (Å²) in [5.41, 5.74) is 4.06. The van der Waals surface area contributed by atoms with Crippen LogP contribution in [0.15, 0.2) is 30.5 Å². The molecular weight excluding hydrogens is 417 g/mol. The molecule has 0 radical (unpaired) electrons. The zero-order valence-corrected chi connectivity index (χ0v) is 16.5. The molecule has 0 aliphatic rings. The molecule has 0 fully saturated rings. The number of rotatable bonds is 9. The number of nitrogen functional groups attached to an aromatic ring is 1. The molecule has 2 aromatic heterocycles. The zero-order valence-electron chi connectivity index (χ0n) is 16.5. The number of alkyl halides is 3. The number of nitrogens with two attached hydrogens (primary N) is 1. The van der Waals surface area contributed by atoms with Gasteiger partial charge >= 0.3 is 12.1 Å². The lowest BCUT2D eigenvalue weighted by Gasteiger charge is -2.26. The molecule has 0 bridgehead atoms. The van der Waals surface area contributed by atoms with Crippen LogP contribution in [0.25, 0.3) is 0 Å². The third-order valence-electron chi connectivity index (χ3n) is 4.30. The van der Waals surface area contributed by atoms with Crippen molar-refractivity contribution in [2.24, 2.45) is 0 Å². The fourth-order valence-corrected chi connectivity index (χ4v) is 2.69. The SMILES string of the molecule is CC(CCCOc1ncc(C(F)(F)F)cc1C(=O)O)N(C=N)C(=N)c1cccc(N)n1. The summed E-state index contributed by atoms with van der Waals surface area (Å²) in [5.74, 6) is -1.77. The van der Waals surface area contributed by atoms with Gasteiger partial charge in [0, 0.05) is 12.2 Å². The molecule has 31 heavy (non-hydrogen) atoms. The molecule has 2 heterocycles. The Morgan fingerprint density at radius 3 is 2.71 bits per heavy atom. The number of hydrogen-bond acceptors (Lipinski definition) is 7. The maximum absolute atomic E-state index is 12.8. The van der Waals surface area contributed by atoms with Crippen molar-refractivity contribution in [3.05, 3.63) is 47.3 Å². The number of carboxylic acids is 1. The van der Waals surface area contributed by atoms with E-state index in [1.54, 1.807) is 25.1 Å². The number of nitrogens with one attached hydrogen (secondary N) is 2. The third-order valence-corrected chi connectivity index (χ3v) is 4.30. The smallest absolute Gasteiger partial charge is 0.417 e. The van der Waals surface area contributed by atoms with Crippen molar-refractivity contribution in [3.63, 3.8) is 0 Å². The Labute approximate surface area is 175 Å². The van der Waals surface area contributed by atoms with Gasteiger partial charge in [0.25, 0.3) is 0 Å². The second-order valence-corrected chi connectivity index (χ2v) is 6.55. The summed E-state index contributed by atoms with van der Waals surface area (Å²) >= 11 is 0. The zero-order chi connectivity index (χ0) is 23.2. The summed E-state index contributed by atoms with van der Waals surface area (Å²) in [6.07, 6.45) is -2.42.